The summed E-state index contributed by atoms with van der Waals surface area (Å²) in [5, 5.41) is 30.4. The molecule has 2 aromatic heterocycles. The molecule has 0 saturated carbocycles. The third kappa shape index (κ3) is 5.28. The number of imidazole rings is 1. The van der Waals surface area contributed by atoms with Crippen molar-refractivity contribution in [1.82, 2.24) is 24.4 Å². The van der Waals surface area contributed by atoms with Crippen LogP contribution in [0.3, 0.4) is 0 Å². The van der Waals surface area contributed by atoms with E-state index in [4.69, 9.17) is 15.6 Å². The van der Waals surface area contributed by atoms with E-state index in [0.717, 1.165) is 12.0 Å². The van der Waals surface area contributed by atoms with Gasteiger partial charge in [-0.3, -0.25) is 9.36 Å². The van der Waals surface area contributed by atoms with Gasteiger partial charge in [-0.2, -0.15) is 0 Å². The van der Waals surface area contributed by atoms with Crippen LogP contribution < -0.4 is 5.73 Å². The Hall–Kier alpha value is -3.12. The highest BCUT2D eigenvalue weighted by atomic mass is 16.6. The molecule has 4 atom stereocenters. The molecule has 1 aromatic carbocycles. The summed E-state index contributed by atoms with van der Waals surface area (Å²) in [5.74, 6) is -0.632. The van der Waals surface area contributed by atoms with E-state index in [1.54, 1.807) is 4.57 Å². The molecule has 1 aliphatic rings. The van der Waals surface area contributed by atoms with Gasteiger partial charge in [0, 0.05) is 19.5 Å². The summed E-state index contributed by atoms with van der Waals surface area (Å²) in [6.07, 6.45) is 0.165. The molecule has 1 saturated heterocycles. The van der Waals surface area contributed by atoms with Crippen LogP contribution in [0.4, 0.5) is 5.82 Å². The fraction of sp³-hybridized carbons (Fsp3) is 0.455. The Kier molecular flexibility index (Phi) is 7.14. The van der Waals surface area contributed by atoms with E-state index < -0.39 is 30.5 Å². The van der Waals surface area contributed by atoms with Gasteiger partial charge < -0.3 is 30.7 Å². The van der Waals surface area contributed by atoms with Crippen LogP contribution in [0, 0.1) is 0 Å². The molecule has 0 amide bonds. The summed E-state index contributed by atoms with van der Waals surface area (Å²) in [4.78, 5) is 25.3. The number of aromatic nitrogens is 4. The molecule has 3 heterocycles. The van der Waals surface area contributed by atoms with Gasteiger partial charge in [-0.25, -0.2) is 15.0 Å². The first-order valence-corrected chi connectivity index (χ1v) is 10.9. The fourth-order valence-electron chi connectivity index (χ4n) is 4.10. The van der Waals surface area contributed by atoms with Crippen LogP contribution in [0.15, 0.2) is 43.0 Å². The van der Waals surface area contributed by atoms with Crippen LogP contribution >= 0.6 is 0 Å². The van der Waals surface area contributed by atoms with Crippen molar-refractivity contribution >= 4 is 23.0 Å². The lowest BCUT2D eigenvalue weighted by Gasteiger charge is -2.26. The first-order chi connectivity index (χ1) is 15.9. The van der Waals surface area contributed by atoms with Crippen molar-refractivity contribution in [3.8, 4) is 0 Å². The number of aliphatic carboxylic acids is 1. The molecule has 4 rings (SSSR count). The molecule has 11 heteroatoms. The molecule has 5 N–H and O–H groups in total. The Balaban J connectivity index is 1.46. The van der Waals surface area contributed by atoms with Gasteiger partial charge in [-0.05, 0) is 24.9 Å². The number of nitrogens with zero attached hydrogens (tertiary/aromatic N) is 5. The molecule has 0 bridgehead atoms. The van der Waals surface area contributed by atoms with Crippen LogP contribution in [0.2, 0.25) is 0 Å². The Morgan fingerprint density at radius 2 is 1.91 bits per heavy atom. The summed E-state index contributed by atoms with van der Waals surface area (Å²) in [7, 11) is 0. The molecule has 3 aromatic rings. The smallest absolute Gasteiger partial charge is 0.303 e. The SMILES string of the molecule is Nc1ncnc2c1ncn2[C@@H]1O[C@H](CN(CCCC(=O)O)CCc2ccccc2)[C@@H](O)[C@H]1O. The maximum atomic E-state index is 11.0. The van der Waals surface area contributed by atoms with Crippen molar-refractivity contribution in [3.63, 3.8) is 0 Å². The van der Waals surface area contributed by atoms with E-state index in [-0.39, 0.29) is 12.2 Å². The summed E-state index contributed by atoms with van der Waals surface area (Å²) in [6, 6.07) is 9.97. The van der Waals surface area contributed by atoms with Gasteiger partial charge in [0.05, 0.1) is 6.33 Å². The first-order valence-electron chi connectivity index (χ1n) is 10.9. The van der Waals surface area contributed by atoms with E-state index in [9.17, 15) is 15.0 Å². The van der Waals surface area contributed by atoms with Gasteiger partial charge in [-0.1, -0.05) is 30.3 Å². The molecule has 11 nitrogen and oxygen atoms in total. The second-order valence-corrected chi connectivity index (χ2v) is 8.16. The van der Waals surface area contributed by atoms with Crippen molar-refractivity contribution in [3.05, 3.63) is 48.5 Å². The number of hydrogen-bond donors (Lipinski definition) is 4. The number of nitrogen functional groups attached to an aromatic ring is 1. The van der Waals surface area contributed by atoms with Crippen molar-refractivity contribution in [2.45, 2.75) is 43.8 Å². The average molecular weight is 457 g/mol. The predicted molar refractivity (Wildman–Crippen MR) is 119 cm³/mol. The third-order valence-corrected chi connectivity index (χ3v) is 5.86. The van der Waals surface area contributed by atoms with Gasteiger partial charge in [0.2, 0.25) is 0 Å². The number of carboxylic acid groups (broad SMARTS) is 1. The Labute approximate surface area is 190 Å². The van der Waals surface area contributed by atoms with E-state index in [1.165, 1.54) is 12.7 Å². The Morgan fingerprint density at radius 3 is 2.67 bits per heavy atom. The highest BCUT2D eigenvalue weighted by molar-refractivity contribution is 5.81. The minimum Gasteiger partial charge on any atom is -0.481 e. The van der Waals surface area contributed by atoms with E-state index in [0.29, 0.717) is 37.2 Å². The molecule has 0 spiro atoms. The molecule has 1 aliphatic heterocycles. The molecule has 0 aliphatic carbocycles. The number of aliphatic hydroxyl groups excluding tert-OH is 2. The van der Waals surface area contributed by atoms with Crippen molar-refractivity contribution in [2.75, 3.05) is 25.4 Å². The van der Waals surface area contributed by atoms with Crippen LogP contribution in [0.5, 0.6) is 0 Å². The monoisotopic (exact) mass is 456 g/mol. The number of carbonyl (C=O) groups is 1. The molecule has 1 fully saturated rings. The average Bonchev–Trinajstić information content (AvgIpc) is 3.35. The van der Waals surface area contributed by atoms with E-state index >= 15 is 0 Å². The lowest BCUT2D eigenvalue weighted by molar-refractivity contribution is -0.137. The molecule has 0 radical (unpaired) electrons. The normalized spacial score (nSPS) is 22.9. The van der Waals surface area contributed by atoms with E-state index in [1.807, 2.05) is 30.3 Å². The summed E-state index contributed by atoms with van der Waals surface area (Å²) < 4.78 is 7.59. The maximum absolute atomic E-state index is 11.0. The fourth-order valence-corrected chi connectivity index (χ4v) is 4.10. The Morgan fingerprint density at radius 1 is 1.12 bits per heavy atom. The number of anilines is 1. The minimum atomic E-state index is -1.20. The van der Waals surface area contributed by atoms with Crippen LogP contribution in [-0.2, 0) is 16.0 Å². The highest BCUT2D eigenvalue weighted by Gasteiger charge is 2.44. The maximum Gasteiger partial charge on any atom is 0.303 e. The lowest BCUT2D eigenvalue weighted by Crippen LogP contribution is -2.41. The van der Waals surface area contributed by atoms with Crippen molar-refractivity contribution in [1.29, 1.82) is 0 Å². The summed E-state index contributed by atoms with van der Waals surface area (Å²) >= 11 is 0. The molecular formula is C22H28N6O5. The predicted octanol–water partition coefficient (Wildman–Crippen LogP) is 0.437. The number of rotatable bonds is 10. The largest absolute Gasteiger partial charge is 0.481 e. The number of fused-ring (bicyclic) bond motifs is 1. The van der Waals surface area contributed by atoms with Gasteiger partial charge in [-0.15, -0.1) is 0 Å². The second-order valence-electron chi connectivity index (χ2n) is 8.16. The van der Waals surface area contributed by atoms with Gasteiger partial charge in [0.15, 0.2) is 17.7 Å². The zero-order valence-corrected chi connectivity index (χ0v) is 18.1. The summed E-state index contributed by atoms with van der Waals surface area (Å²) in [6.45, 7) is 1.53. The molecule has 0 unspecified atom stereocenters. The molecule has 33 heavy (non-hydrogen) atoms. The minimum absolute atomic E-state index is 0.0588. The van der Waals surface area contributed by atoms with Crippen LogP contribution in [0.25, 0.3) is 11.2 Å². The number of nitrogens with two attached hydrogens (primary N) is 1. The first kappa shape index (κ1) is 23.1. The number of carboxylic acids is 1. The zero-order chi connectivity index (χ0) is 23.4. The van der Waals surface area contributed by atoms with Crippen LogP contribution in [-0.4, -0.2) is 83.7 Å². The number of benzene rings is 1. The molecule has 176 valence electrons. The van der Waals surface area contributed by atoms with Gasteiger partial charge in [0.25, 0.3) is 0 Å². The lowest BCUT2D eigenvalue weighted by atomic mass is 10.1. The number of aliphatic hydroxyl groups is 2. The van der Waals surface area contributed by atoms with E-state index in [2.05, 4.69) is 19.9 Å². The van der Waals surface area contributed by atoms with Gasteiger partial charge in [0.1, 0.15) is 30.2 Å². The van der Waals surface area contributed by atoms with Crippen LogP contribution in [0.1, 0.15) is 24.6 Å². The summed E-state index contributed by atoms with van der Waals surface area (Å²) in [5.41, 5.74) is 7.80. The third-order valence-electron chi connectivity index (χ3n) is 5.86. The quantitative estimate of drug-likeness (QED) is 0.337. The molecular weight excluding hydrogens is 428 g/mol. The Bertz CT molecular complexity index is 1080. The van der Waals surface area contributed by atoms with Crippen molar-refractivity contribution in [2.24, 2.45) is 0 Å². The topological polar surface area (TPSA) is 160 Å². The van der Waals surface area contributed by atoms with Gasteiger partial charge >= 0.3 is 5.97 Å². The number of ether oxygens (including phenoxy) is 1. The number of hydrogen-bond acceptors (Lipinski definition) is 9. The zero-order valence-electron chi connectivity index (χ0n) is 18.1. The second kappa shape index (κ2) is 10.2. The van der Waals surface area contributed by atoms with Crippen molar-refractivity contribution < 1.29 is 24.9 Å². The highest BCUT2D eigenvalue weighted by Crippen LogP contribution is 2.32. The standard InChI is InChI=1S/C22H28N6O5/c23-20-17-21(25-12-24-20)28(13-26-17)22-19(32)18(31)15(33-22)11-27(9-4-7-16(29)30)10-8-14-5-2-1-3-6-14/h1-3,5-6,12-13,15,18-19,22,31-32H,4,7-11H2,(H,29,30)(H2,23,24,25)/t15-,18-,19-,22-/m1/s1.